The van der Waals surface area contributed by atoms with Crippen LogP contribution in [0.1, 0.15) is 21.5 Å². The Morgan fingerprint density at radius 2 is 2.04 bits per heavy atom. The van der Waals surface area contributed by atoms with Gasteiger partial charge in [-0.15, -0.1) is 0 Å². The van der Waals surface area contributed by atoms with Crippen LogP contribution in [-0.2, 0) is 12.7 Å². The van der Waals surface area contributed by atoms with Gasteiger partial charge < -0.3 is 5.32 Å². The van der Waals surface area contributed by atoms with Crippen LogP contribution in [0.25, 0.3) is 5.82 Å². The Hall–Kier alpha value is -3.30. The van der Waals surface area contributed by atoms with E-state index in [0.717, 1.165) is 12.1 Å². The summed E-state index contributed by atoms with van der Waals surface area (Å²) in [6, 6.07) is 5.25. The number of pyridine rings is 1. The number of nitrogens with zero attached hydrogens (tertiary/aromatic N) is 4. The molecule has 2 heterocycles. The highest BCUT2D eigenvalue weighted by atomic mass is 19.4. The molecule has 1 aromatic carbocycles. The molecule has 0 atom stereocenters. The zero-order valence-electron chi connectivity index (χ0n) is 13.0. The lowest BCUT2D eigenvalue weighted by Gasteiger charge is -2.14. The van der Waals surface area contributed by atoms with Gasteiger partial charge in [0, 0.05) is 12.7 Å². The predicted octanol–water partition coefficient (Wildman–Crippen LogP) is 2.75. The van der Waals surface area contributed by atoms with Crippen LogP contribution in [0, 0.1) is 5.82 Å². The second kappa shape index (κ2) is 6.90. The van der Waals surface area contributed by atoms with E-state index in [1.165, 1.54) is 35.7 Å². The third-order valence-corrected chi connectivity index (χ3v) is 3.48. The molecule has 0 spiro atoms. The lowest BCUT2D eigenvalue weighted by Crippen LogP contribution is -2.26. The van der Waals surface area contributed by atoms with E-state index in [2.05, 4.69) is 20.4 Å². The van der Waals surface area contributed by atoms with E-state index >= 15 is 0 Å². The van der Waals surface area contributed by atoms with Crippen molar-refractivity contribution in [2.75, 3.05) is 0 Å². The van der Waals surface area contributed by atoms with E-state index in [9.17, 15) is 22.4 Å². The van der Waals surface area contributed by atoms with Crippen LogP contribution in [0.3, 0.4) is 0 Å². The molecule has 0 unspecified atom stereocenters. The molecule has 2 aromatic heterocycles. The van der Waals surface area contributed by atoms with Crippen molar-refractivity contribution in [1.82, 2.24) is 25.1 Å². The van der Waals surface area contributed by atoms with Crippen molar-refractivity contribution in [3.05, 3.63) is 71.7 Å². The van der Waals surface area contributed by atoms with E-state index < -0.39 is 30.0 Å². The Bertz CT molecular complexity index is 925. The summed E-state index contributed by atoms with van der Waals surface area (Å²) in [6.45, 7) is -0.431. The first-order valence-electron chi connectivity index (χ1n) is 7.30. The van der Waals surface area contributed by atoms with Gasteiger partial charge in [0.2, 0.25) is 0 Å². The van der Waals surface area contributed by atoms with Crippen LogP contribution in [0.2, 0.25) is 0 Å². The monoisotopic (exact) mass is 365 g/mol. The molecule has 3 aromatic rings. The minimum absolute atomic E-state index is 0.105. The molecule has 0 aliphatic rings. The van der Waals surface area contributed by atoms with Crippen LogP contribution in [-0.4, -0.2) is 25.7 Å². The summed E-state index contributed by atoms with van der Waals surface area (Å²) < 4.78 is 53.5. The van der Waals surface area contributed by atoms with Crippen LogP contribution < -0.4 is 5.32 Å². The molecule has 0 fully saturated rings. The molecule has 134 valence electrons. The summed E-state index contributed by atoms with van der Waals surface area (Å²) in [5.41, 5.74) is -1.28. The normalized spacial score (nSPS) is 11.4. The molecule has 0 saturated heterocycles. The molecular weight excluding hydrogens is 354 g/mol. The molecule has 6 nitrogen and oxygen atoms in total. The largest absolute Gasteiger partial charge is 0.416 e. The maximum Gasteiger partial charge on any atom is 0.416 e. The molecule has 10 heteroatoms. The van der Waals surface area contributed by atoms with E-state index in [-0.39, 0.29) is 16.9 Å². The average Bonchev–Trinajstić information content (AvgIpc) is 3.14. The van der Waals surface area contributed by atoms with Gasteiger partial charge in [-0.05, 0) is 29.8 Å². The predicted molar refractivity (Wildman–Crippen MR) is 81.7 cm³/mol. The van der Waals surface area contributed by atoms with Crippen molar-refractivity contribution >= 4 is 5.91 Å². The van der Waals surface area contributed by atoms with Crippen LogP contribution in [0.4, 0.5) is 17.6 Å². The molecule has 3 rings (SSSR count). The third kappa shape index (κ3) is 3.68. The lowest BCUT2D eigenvalue weighted by molar-refractivity contribution is -0.138. The number of hydrogen-bond donors (Lipinski definition) is 1. The SMILES string of the molecule is O=C(NCc1ccc(F)cc1C(F)(F)F)c1cccnc1-n1cncn1. The molecule has 0 saturated carbocycles. The fourth-order valence-corrected chi connectivity index (χ4v) is 2.31. The Morgan fingerprint density at radius 3 is 2.73 bits per heavy atom. The first kappa shape index (κ1) is 17.5. The van der Waals surface area contributed by atoms with Gasteiger partial charge in [0.15, 0.2) is 5.82 Å². The number of hydrogen-bond acceptors (Lipinski definition) is 4. The highest BCUT2D eigenvalue weighted by Gasteiger charge is 2.33. The summed E-state index contributed by atoms with van der Waals surface area (Å²) in [7, 11) is 0. The number of halogens is 4. The first-order chi connectivity index (χ1) is 12.4. The minimum atomic E-state index is -4.73. The second-order valence-electron chi connectivity index (χ2n) is 5.20. The molecule has 0 aliphatic heterocycles. The van der Waals surface area contributed by atoms with Gasteiger partial charge in [-0.2, -0.15) is 18.3 Å². The van der Waals surface area contributed by atoms with Gasteiger partial charge in [-0.1, -0.05) is 6.07 Å². The Morgan fingerprint density at radius 1 is 1.23 bits per heavy atom. The zero-order valence-corrected chi connectivity index (χ0v) is 13.0. The highest BCUT2D eigenvalue weighted by Crippen LogP contribution is 2.32. The summed E-state index contributed by atoms with van der Waals surface area (Å²) in [5.74, 6) is -1.48. The standard InChI is InChI=1S/C16H11F4N5O/c17-11-4-3-10(13(6-11)16(18,19)20)7-23-15(26)12-2-1-5-22-14(12)25-9-21-8-24-25/h1-6,8-9H,7H2,(H,23,26). The topological polar surface area (TPSA) is 72.7 Å². The molecule has 0 bridgehead atoms. The van der Waals surface area contributed by atoms with E-state index in [4.69, 9.17) is 0 Å². The lowest BCUT2D eigenvalue weighted by atomic mass is 10.1. The van der Waals surface area contributed by atoms with Gasteiger partial charge in [0.05, 0.1) is 11.1 Å². The van der Waals surface area contributed by atoms with Crippen LogP contribution in [0.15, 0.2) is 49.2 Å². The van der Waals surface area contributed by atoms with E-state index in [0.29, 0.717) is 6.07 Å². The van der Waals surface area contributed by atoms with E-state index in [1.54, 1.807) is 0 Å². The Labute approximate surface area is 144 Å². The summed E-state index contributed by atoms with van der Waals surface area (Å²) in [4.78, 5) is 20.2. The van der Waals surface area contributed by atoms with Crippen molar-refractivity contribution in [2.45, 2.75) is 12.7 Å². The molecule has 1 N–H and O–H groups in total. The van der Waals surface area contributed by atoms with Crippen LogP contribution >= 0.6 is 0 Å². The number of nitrogens with one attached hydrogen (secondary N) is 1. The zero-order chi connectivity index (χ0) is 18.7. The van der Waals surface area contributed by atoms with Crippen molar-refractivity contribution < 1.29 is 22.4 Å². The van der Waals surface area contributed by atoms with Crippen LogP contribution in [0.5, 0.6) is 0 Å². The fraction of sp³-hybridized carbons (Fsp3) is 0.125. The number of aromatic nitrogens is 4. The summed E-state index contributed by atoms with van der Waals surface area (Å²) in [6.07, 6.45) is -0.705. The van der Waals surface area contributed by atoms with Crippen molar-refractivity contribution in [1.29, 1.82) is 0 Å². The number of benzene rings is 1. The van der Waals surface area contributed by atoms with Gasteiger partial charge >= 0.3 is 6.18 Å². The Kier molecular flexibility index (Phi) is 4.65. The first-order valence-corrected chi connectivity index (χ1v) is 7.30. The van der Waals surface area contributed by atoms with Crippen molar-refractivity contribution in [3.8, 4) is 5.82 Å². The second-order valence-corrected chi connectivity index (χ2v) is 5.20. The molecule has 0 aliphatic carbocycles. The summed E-state index contributed by atoms with van der Waals surface area (Å²) in [5, 5.41) is 6.26. The van der Waals surface area contributed by atoms with Gasteiger partial charge in [0.1, 0.15) is 18.5 Å². The molecule has 1 amide bonds. The fourth-order valence-electron chi connectivity index (χ4n) is 2.31. The number of rotatable bonds is 4. The highest BCUT2D eigenvalue weighted by molar-refractivity contribution is 5.97. The van der Waals surface area contributed by atoms with Gasteiger partial charge in [-0.3, -0.25) is 4.79 Å². The van der Waals surface area contributed by atoms with E-state index in [1.807, 2.05) is 0 Å². The molecule has 26 heavy (non-hydrogen) atoms. The summed E-state index contributed by atoms with van der Waals surface area (Å²) >= 11 is 0. The van der Waals surface area contributed by atoms with Crippen molar-refractivity contribution in [2.24, 2.45) is 0 Å². The molecular formula is C16H11F4N5O. The quantitative estimate of drug-likeness (QED) is 0.722. The Balaban J connectivity index is 1.83. The maximum absolute atomic E-state index is 13.1. The smallest absolute Gasteiger partial charge is 0.348 e. The minimum Gasteiger partial charge on any atom is -0.348 e. The number of carbonyl (C=O) groups excluding carboxylic acids is 1. The number of carbonyl (C=O) groups is 1. The maximum atomic E-state index is 13.1. The third-order valence-electron chi connectivity index (χ3n) is 3.48. The average molecular weight is 365 g/mol. The number of alkyl halides is 3. The van der Waals surface area contributed by atoms with Crippen molar-refractivity contribution in [3.63, 3.8) is 0 Å². The van der Waals surface area contributed by atoms with Gasteiger partial charge in [0.25, 0.3) is 5.91 Å². The molecule has 0 radical (unpaired) electrons. The van der Waals surface area contributed by atoms with Gasteiger partial charge in [-0.25, -0.2) is 19.0 Å². The number of amides is 1.